The summed E-state index contributed by atoms with van der Waals surface area (Å²) < 4.78 is 0. The fourth-order valence-corrected chi connectivity index (χ4v) is 2.49. The Bertz CT molecular complexity index is 155. The van der Waals surface area contributed by atoms with Gasteiger partial charge in [0.05, 0.1) is 0 Å². The number of allylic oxidation sites excluding steroid dienone is 2. The van der Waals surface area contributed by atoms with Gasteiger partial charge in [-0.1, -0.05) is 30.9 Å². The molecule has 1 atom stereocenters. The zero-order valence-electron chi connectivity index (χ0n) is 7.31. The molecule has 2 aliphatic rings. The third-order valence-corrected chi connectivity index (χ3v) is 3.17. The van der Waals surface area contributed by atoms with Gasteiger partial charge in [-0.2, -0.15) is 0 Å². The second kappa shape index (κ2) is 3.42. The SMILES string of the molecule is C1=C2CCCCCC(CC1)C2. The Balaban J connectivity index is 2.01. The molecule has 0 N–H and O–H groups in total. The molecule has 0 nitrogen and oxygen atoms in total. The lowest BCUT2D eigenvalue weighted by atomic mass is 9.81. The van der Waals surface area contributed by atoms with Crippen molar-refractivity contribution in [2.75, 3.05) is 0 Å². The van der Waals surface area contributed by atoms with E-state index in [1.54, 1.807) is 5.57 Å². The highest BCUT2D eigenvalue weighted by atomic mass is 14.2. The Morgan fingerprint density at radius 3 is 3.09 bits per heavy atom. The van der Waals surface area contributed by atoms with Crippen LogP contribution < -0.4 is 0 Å². The van der Waals surface area contributed by atoms with Gasteiger partial charge in [0.25, 0.3) is 0 Å². The van der Waals surface area contributed by atoms with E-state index in [1.807, 2.05) is 0 Å². The smallest absolute Gasteiger partial charge is 0.0292 e. The molecule has 0 radical (unpaired) electrons. The molecule has 1 unspecified atom stereocenters. The summed E-state index contributed by atoms with van der Waals surface area (Å²) in [5.41, 5.74) is 1.78. The van der Waals surface area contributed by atoms with Crippen LogP contribution in [0.15, 0.2) is 11.6 Å². The van der Waals surface area contributed by atoms with E-state index in [-0.39, 0.29) is 0 Å². The van der Waals surface area contributed by atoms with Crippen molar-refractivity contribution in [2.45, 2.75) is 51.4 Å². The normalized spacial score (nSPS) is 32.0. The van der Waals surface area contributed by atoms with Crippen molar-refractivity contribution >= 4 is 0 Å². The molecule has 0 heteroatoms. The minimum atomic E-state index is 1.07. The summed E-state index contributed by atoms with van der Waals surface area (Å²) in [6, 6.07) is 0. The molecule has 0 saturated heterocycles. The van der Waals surface area contributed by atoms with Crippen molar-refractivity contribution in [3.05, 3.63) is 11.6 Å². The third kappa shape index (κ3) is 1.85. The molecule has 2 rings (SSSR count). The summed E-state index contributed by atoms with van der Waals surface area (Å²) in [6.45, 7) is 0. The molecule has 1 fully saturated rings. The number of hydrogen-bond acceptors (Lipinski definition) is 0. The van der Waals surface area contributed by atoms with Crippen LogP contribution in [0.3, 0.4) is 0 Å². The van der Waals surface area contributed by atoms with Gasteiger partial charge in [0.1, 0.15) is 0 Å². The molecular weight excluding hydrogens is 132 g/mol. The second-order valence-electron chi connectivity index (χ2n) is 4.11. The molecule has 11 heavy (non-hydrogen) atoms. The van der Waals surface area contributed by atoms with Gasteiger partial charge in [0, 0.05) is 0 Å². The Kier molecular flexibility index (Phi) is 2.30. The van der Waals surface area contributed by atoms with E-state index >= 15 is 0 Å². The lowest BCUT2D eigenvalue weighted by molar-refractivity contribution is 0.387. The Morgan fingerprint density at radius 2 is 2.09 bits per heavy atom. The lowest BCUT2D eigenvalue weighted by Gasteiger charge is -2.25. The van der Waals surface area contributed by atoms with Gasteiger partial charge in [0.2, 0.25) is 0 Å². The van der Waals surface area contributed by atoms with E-state index in [2.05, 4.69) is 6.08 Å². The molecule has 0 aromatic carbocycles. The van der Waals surface area contributed by atoms with Gasteiger partial charge in [-0.3, -0.25) is 0 Å². The van der Waals surface area contributed by atoms with E-state index in [9.17, 15) is 0 Å². The first-order valence-corrected chi connectivity index (χ1v) is 5.13. The number of fused-ring (bicyclic) bond motifs is 2. The predicted octanol–water partition coefficient (Wildman–Crippen LogP) is 3.68. The quantitative estimate of drug-likeness (QED) is 0.462. The van der Waals surface area contributed by atoms with E-state index in [4.69, 9.17) is 0 Å². The molecule has 0 aromatic rings. The van der Waals surface area contributed by atoms with Gasteiger partial charge >= 0.3 is 0 Å². The Labute approximate surface area is 69.7 Å². The van der Waals surface area contributed by atoms with E-state index in [1.165, 1.54) is 51.4 Å². The topological polar surface area (TPSA) is 0 Å². The standard InChI is InChI=1S/C11H18/c1-2-5-10-7-4-8-11(9-10)6-3-1/h7,11H,1-6,8-9H2. The summed E-state index contributed by atoms with van der Waals surface area (Å²) in [5, 5.41) is 0. The Morgan fingerprint density at radius 1 is 1.09 bits per heavy atom. The second-order valence-corrected chi connectivity index (χ2v) is 4.11. The first kappa shape index (κ1) is 7.39. The van der Waals surface area contributed by atoms with Crippen LogP contribution in [0.2, 0.25) is 0 Å². The number of hydrogen-bond donors (Lipinski definition) is 0. The van der Waals surface area contributed by atoms with Crippen LogP contribution in [-0.4, -0.2) is 0 Å². The maximum absolute atomic E-state index is 2.50. The van der Waals surface area contributed by atoms with Gasteiger partial charge in [-0.25, -0.2) is 0 Å². The summed E-state index contributed by atoms with van der Waals surface area (Å²) in [4.78, 5) is 0. The van der Waals surface area contributed by atoms with E-state index in [0.29, 0.717) is 0 Å². The van der Waals surface area contributed by atoms with E-state index < -0.39 is 0 Å². The monoisotopic (exact) mass is 150 g/mol. The summed E-state index contributed by atoms with van der Waals surface area (Å²) in [6.07, 6.45) is 14.2. The third-order valence-electron chi connectivity index (χ3n) is 3.17. The molecule has 0 spiro atoms. The van der Waals surface area contributed by atoms with Crippen molar-refractivity contribution in [1.82, 2.24) is 0 Å². The fourth-order valence-electron chi connectivity index (χ4n) is 2.49. The molecule has 0 aromatic heterocycles. The van der Waals surface area contributed by atoms with E-state index in [0.717, 1.165) is 5.92 Å². The highest BCUT2D eigenvalue weighted by Crippen LogP contribution is 2.33. The average Bonchev–Trinajstić information content (AvgIpc) is 2.02. The first-order chi connectivity index (χ1) is 5.45. The summed E-state index contributed by atoms with van der Waals surface area (Å²) >= 11 is 0. The van der Waals surface area contributed by atoms with Crippen LogP contribution in [0.5, 0.6) is 0 Å². The van der Waals surface area contributed by atoms with Crippen molar-refractivity contribution in [2.24, 2.45) is 5.92 Å². The number of rotatable bonds is 0. The highest BCUT2D eigenvalue weighted by molar-refractivity contribution is 5.07. The summed E-state index contributed by atoms with van der Waals surface area (Å²) in [5.74, 6) is 1.07. The minimum Gasteiger partial charge on any atom is -0.0853 e. The van der Waals surface area contributed by atoms with Crippen LogP contribution in [0.25, 0.3) is 0 Å². The van der Waals surface area contributed by atoms with Crippen LogP contribution in [0.4, 0.5) is 0 Å². The van der Waals surface area contributed by atoms with Crippen molar-refractivity contribution < 1.29 is 0 Å². The fraction of sp³-hybridized carbons (Fsp3) is 0.818. The molecule has 1 saturated carbocycles. The Hall–Kier alpha value is -0.260. The van der Waals surface area contributed by atoms with Crippen LogP contribution >= 0.6 is 0 Å². The maximum Gasteiger partial charge on any atom is -0.0292 e. The first-order valence-electron chi connectivity index (χ1n) is 5.13. The molecular formula is C11H18. The van der Waals surface area contributed by atoms with Gasteiger partial charge < -0.3 is 0 Å². The highest BCUT2D eigenvalue weighted by Gasteiger charge is 2.16. The predicted molar refractivity (Wildman–Crippen MR) is 48.5 cm³/mol. The molecule has 2 bridgehead atoms. The van der Waals surface area contributed by atoms with Crippen molar-refractivity contribution in [3.8, 4) is 0 Å². The molecule has 0 aliphatic heterocycles. The zero-order valence-corrected chi connectivity index (χ0v) is 7.31. The minimum absolute atomic E-state index is 1.07. The van der Waals surface area contributed by atoms with Crippen molar-refractivity contribution in [3.63, 3.8) is 0 Å². The zero-order chi connectivity index (χ0) is 7.52. The van der Waals surface area contributed by atoms with Gasteiger partial charge in [-0.05, 0) is 38.0 Å². The van der Waals surface area contributed by atoms with Crippen molar-refractivity contribution in [1.29, 1.82) is 0 Å². The largest absolute Gasteiger partial charge is 0.0853 e. The lowest BCUT2D eigenvalue weighted by Crippen LogP contribution is -2.09. The van der Waals surface area contributed by atoms with Crippen LogP contribution in [0, 0.1) is 5.92 Å². The summed E-state index contributed by atoms with van der Waals surface area (Å²) in [7, 11) is 0. The molecule has 0 heterocycles. The van der Waals surface area contributed by atoms with Gasteiger partial charge in [0.15, 0.2) is 0 Å². The molecule has 2 aliphatic carbocycles. The molecule has 0 amide bonds. The van der Waals surface area contributed by atoms with Crippen LogP contribution in [0.1, 0.15) is 51.4 Å². The van der Waals surface area contributed by atoms with Crippen LogP contribution in [-0.2, 0) is 0 Å². The molecule has 62 valence electrons. The maximum atomic E-state index is 2.50. The average molecular weight is 150 g/mol. The van der Waals surface area contributed by atoms with Gasteiger partial charge in [-0.15, -0.1) is 0 Å².